The molecule has 0 unspecified atom stereocenters. The number of nitrogens with zero attached hydrogens (tertiary/aromatic N) is 4. The highest BCUT2D eigenvalue weighted by atomic mass is 16.6. The number of piperazine rings is 2. The summed E-state index contributed by atoms with van der Waals surface area (Å²) in [6.45, 7) is 4.56. The fourth-order valence-corrected chi connectivity index (χ4v) is 3.25. The molecule has 152 valence electrons. The van der Waals surface area contributed by atoms with Crippen molar-refractivity contribution in [2.75, 3.05) is 59.0 Å². The lowest BCUT2D eigenvalue weighted by atomic mass is 10.2. The summed E-state index contributed by atoms with van der Waals surface area (Å²) in [4.78, 5) is 55.1. The third-order valence-electron chi connectivity index (χ3n) is 4.86. The SMILES string of the molecule is CCOC(=O)N1CCN(C(=O)C(=O)N2CCN(C(=O)c3ccco3)CC2)CC1. The van der Waals surface area contributed by atoms with Gasteiger partial charge in [0.15, 0.2) is 5.76 Å². The molecule has 0 aliphatic carbocycles. The van der Waals surface area contributed by atoms with Crippen LogP contribution in [0.25, 0.3) is 0 Å². The van der Waals surface area contributed by atoms with Gasteiger partial charge in [0.25, 0.3) is 5.91 Å². The molecule has 2 fully saturated rings. The van der Waals surface area contributed by atoms with Crippen molar-refractivity contribution >= 4 is 23.8 Å². The number of furan rings is 1. The quantitative estimate of drug-likeness (QED) is 0.649. The molecule has 10 nitrogen and oxygen atoms in total. The average molecular weight is 392 g/mol. The van der Waals surface area contributed by atoms with Crippen molar-refractivity contribution in [3.63, 3.8) is 0 Å². The maximum Gasteiger partial charge on any atom is 0.409 e. The highest BCUT2D eigenvalue weighted by molar-refractivity contribution is 6.35. The van der Waals surface area contributed by atoms with E-state index in [1.54, 1.807) is 24.0 Å². The topological polar surface area (TPSA) is 104 Å². The molecule has 0 atom stereocenters. The van der Waals surface area contributed by atoms with E-state index in [1.807, 2.05) is 0 Å². The highest BCUT2D eigenvalue weighted by Crippen LogP contribution is 2.11. The van der Waals surface area contributed by atoms with Gasteiger partial charge in [0, 0.05) is 52.4 Å². The normalized spacial score (nSPS) is 17.5. The van der Waals surface area contributed by atoms with Crippen LogP contribution in [-0.4, -0.2) is 102 Å². The van der Waals surface area contributed by atoms with Crippen molar-refractivity contribution < 1.29 is 28.3 Å². The van der Waals surface area contributed by atoms with Gasteiger partial charge < -0.3 is 28.8 Å². The second kappa shape index (κ2) is 8.77. The Hall–Kier alpha value is -3.04. The molecule has 0 saturated carbocycles. The molecule has 2 aliphatic rings. The first-order valence-electron chi connectivity index (χ1n) is 9.34. The molecule has 10 heteroatoms. The van der Waals surface area contributed by atoms with E-state index in [0.717, 1.165) is 0 Å². The molecule has 3 heterocycles. The summed E-state index contributed by atoms with van der Waals surface area (Å²) in [5, 5.41) is 0. The van der Waals surface area contributed by atoms with E-state index in [1.165, 1.54) is 21.0 Å². The van der Waals surface area contributed by atoms with Gasteiger partial charge in [-0.15, -0.1) is 0 Å². The lowest BCUT2D eigenvalue weighted by molar-refractivity contribution is -0.153. The number of ether oxygens (including phenoxy) is 1. The van der Waals surface area contributed by atoms with Crippen molar-refractivity contribution in [3.05, 3.63) is 24.2 Å². The Morgan fingerprint density at radius 1 is 0.857 bits per heavy atom. The average Bonchev–Trinajstić information content (AvgIpc) is 3.27. The zero-order chi connectivity index (χ0) is 20.1. The Morgan fingerprint density at radius 3 is 1.82 bits per heavy atom. The van der Waals surface area contributed by atoms with Gasteiger partial charge in [-0.2, -0.15) is 0 Å². The van der Waals surface area contributed by atoms with Crippen LogP contribution in [0.5, 0.6) is 0 Å². The van der Waals surface area contributed by atoms with E-state index in [-0.39, 0.29) is 11.7 Å². The van der Waals surface area contributed by atoms with Gasteiger partial charge in [-0.1, -0.05) is 0 Å². The Morgan fingerprint density at radius 2 is 1.36 bits per heavy atom. The van der Waals surface area contributed by atoms with E-state index < -0.39 is 17.9 Å². The van der Waals surface area contributed by atoms with Gasteiger partial charge >= 0.3 is 17.9 Å². The van der Waals surface area contributed by atoms with E-state index in [2.05, 4.69) is 0 Å². The fraction of sp³-hybridized carbons (Fsp3) is 0.556. The molecule has 0 radical (unpaired) electrons. The first-order valence-corrected chi connectivity index (χ1v) is 9.34. The van der Waals surface area contributed by atoms with Gasteiger partial charge in [-0.3, -0.25) is 14.4 Å². The highest BCUT2D eigenvalue weighted by Gasteiger charge is 2.33. The first-order chi connectivity index (χ1) is 13.5. The molecule has 3 rings (SSSR count). The number of hydrogen-bond donors (Lipinski definition) is 0. The zero-order valence-corrected chi connectivity index (χ0v) is 15.8. The minimum absolute atomic E-state index is 0.224. The van der Waals surface area contributed by atoms with Crippen LogP contribution in [0.4, 0.5) is 4.79 Å². The van der Waals surface area contributed by atoms with Crippen LogP contribution in [0.1, 0.15) is 17.5 Å². The summed E-state index contributed by atoms with van der Waals surface area (Å²) in [7, 11) is 0. The summed E-state index contributed by atoms with van der Waals surface area (Å²) >= 11 is 0. The molecule has 1 aromatic heterocycles. The Labute approximate surface area is 162 Å². The second-order valence-electron chi connectivity index (χ2n) is 6.54. The van der Waals surface area contributed by atoms with Crippen LogP contribution < -0.4 is 0 Å². The standard InChI is InChI=1S/C18H24N4O6/c1-2-27-18(26)22-11-9-21(10-12-22)17(25)16(24)20-7-5-19(6-8-20)15(23)14-4-3-13-28-14/h3-4,13H,2,5-12H2,1H3. The van der Waals surface area contributed by atoms with E-state index >= 15 is 0 Å². The van der Waals surface area contributed by atoms with Crippen molar-refractivity contribution in [1.82, 2.24) is 19.6 Å². The van der Waals surface area contributed by atoms with Crippen LogP contribution in [0.3, 0.4) is 0 Å². The molecule has 4 amide bonds. The van der Waals surface area contributed by atoms with Crippen molar-refractivity contribution in [3.8, 4) is 0 Å². The zero-order valence-electron chi connectivity index (χ0n) is 15.8. The smallest absolute Gasteiger partial charge is 0.409 e. The minimum Gasteiger partial charge on any atom is -0.459 e. The summed E-state index contributed by atoms with van der Waals surface area (Å²) in [6.07, 6.45) is 1.03. The van der Waals surface area contributed by atoms with Crippen LogP contribution >= 0.6 is 0 Å². The summed E-state index contributed by atoms with van der Waals surface area (Å²) in [5.41, 5.74) is 0. The number of carbonyl (C=O) groups is 4. The Kier molecular flexibility index (Phi) is 6.17. The van der Waals surface area contributed by atoms with E-state index in [4.69, 9.17) is 9.15 Å². The maximum absolute atomic E-state index is 12.5. The number of hydrogen-bond acceptors (Lipinski definition) is 6. The van der Waals surface area contributed by atoms with Gasteiger partial charge in [-0.05, 0) is 19.1 Å². The molecule has 0 aromatic carbocycles. The third-order valence-corrected chi connectivity index (χ3v) is 4.86. The van der Waals surface area contributed by atoms with E-state index in [9.17, 15) is 19.2 Å². The summed E-state index contributed by atoms with van der Waals surface area (Å²) in [5.74, 6) is -1.11. The molecule has 2 aliphatic heterocycles. The van der Waals surface area contributed by atoms with Crippen LogP contribution in [-0.2, 0) is 14.3 Å². The van der Waals surface area contributed by atoms with Crippen molar-refractivity contribution in [2.24, 2.45) is 0 Å². The van der Waals surface area contributed by atoms with Crippen molar-refractivity contribution in [1.29, 1.82) is 0 Å². The minimum atomic E-state index is -0.575. The maximum atomic E-state index is 12.5. The number of amides is 4. The van der Waals surface area contributed by atoms with Crippen LogP contribution in [0, 0.1) is 0 Å². The summed E-state index contributed by atoms with van der Waals surface area (Å²) in [6, 6.07) is 3.24. The molecule has 1 aromatic rings. The van der Waals surface area contributed by atoms with Gasteiger partial charge in [0.2, 0.25) is 0 Å². The lowest BCUT2D eigenvalue weighted by Crippen LogP contribution is -2.57. The summed E-state index contributed by atoms with van der Waals surface area (Å²) < 4.78 is 10.1. The van der Waals surface area contributed by atoms with Gasteiger partial charge in [-0.25, -0.2) is 4.79 Å². The number of rotatable bonds is 2. The molecular weight excluding hydrogens is 368 g/mol. The molecule has 0 spiro atoms. The third kappa shape index (κ3) is 4.26. The number of carbonyl (C=O) groups excluding carboxylic acids is 4. The second-order valence-corrected chi connectivity index (χ2v) is 6.54. The molecule has 2 saturated heterocycles. The van der Waals surface area contributed by atoms with E-state index in [0.29, 0.717) is 59.0 Å². The Bertz CT molecular complexity index is 718. The van der Waals surface area contributed by atoms with Crippen molar-refractivity contribution in [2.45, 2.75) is 6.92 Å². The Balaban J connectivity index is 1.47. The lowest BCUT2D eigenvalue weighted by Gasteiger charge is -2.37. The van der Waals surface area contributed by atoms with Gasteiger partial charge in [0.1, 0.15) is 0 Å². The van der Waals surface area contributed by atoms with Crippen LogP contribution in [0.15, 0.2) is 22.8 Å². The van der Waals surface area contributed by atoms with Gasteiger partial charge in [0.05, 0.1) is 12.9 Å². The largest absolute Gasteiger partial charge is 0.459 e. The monoisotopic (exact) mass is 392 g/mol. The fourth-order valence-electron chi connectivity index (χ4n) is 3.25. The first kappa shape index (κ1) is 19.7. The van der Waals surface area contributed by atoms with Crippen LogP contribution in [0.2, 0.25) is 0 Å². The molecule has 0 bridgehead atoms. The predicted octanol–water partition coefficient (Wildman–Crippen LogP) is -0.135. The predicted molar refractivity (Wildman–Crippen MR) is 96.4 cm³/mol. The molecule has 28 heavy (non-hydrogen) atoms. The molecular formula is C18H24N4O6. The molecule has 0 N–H and O–H groups in total.